The van der Waals surface area contributed by atoms with Crippen molar-refractivity contribution < 1.29 is 14.3 Å². The fourth-order valence-corrected chi connectivity index (χ4v) is 5.04. The lowest BCUT2D eigenvalue weighted by Crippen LogP contribution is -2.22. The van der Waals surface area contributed by atoms with E-state index in [2.05, 4.69) is 40.6 Å². The minimum Gasteiger partial charge on any atom is -0.497 e. The monoisotopic (exact) mass is 462 g/mol. The van der Waals surface area contributed by atoms with Gasteiger partial charge < -0.3 is 14.8 Å². The van der Waals surface area contributed by atoms with E-state index < -0.39 is 0 Å². The lowest BCUT2D eigenvalue weighted by Gasteiger charge is -2.19. The Morgan fingerprint density at radius 3 is 2.24 bits per heavy atom. The number of ether oxygens (including phenoxy) is 2. The first-order chi connectivity index (χ1) is 16.2. The first-order valence-electron chi connectivity index (χ1n) is 11.3. The molecule has 0 saturated heterocycles. The SMILES string of the molecule is COc1ccc(C2(c3ccc(OC)cc3)C[C@H]2C=CC(=O)NCCCCc2nccs2)cc1. The topological polar surface area (TPSA) is 60.5 Å². The molecule has 5 nitrogen and oxygen atoms in total. The minimum atomic E-state index is -0.136. The molecular formula is C27H30N2O3S. The standard InChI is InChI=1S/C27H30N2O3S/c1-31-23-11-6-20(7-12-23)27(21-8-13-24(32-2)14-9-21)19-22(27)10-15-25(30)28-16-4-3-5-26-29-17-18-33-26/h6-15,17-18,22H,3-5,16,19H2,1-2H3,(H,28,30)/t22-/m1/s1. The number of nitrogens with zero attached hydrogens (tertiary/aromatic N) is 1. The van der Waals surface area contributed by atoms with Crippen molar-refractivity contribution in [1.82, 2.24) is 10.3 Å². The van der Waals surface area contributed by atoms with Crippen molar-refractivity contribution in [3.63, 3.8) is 0 Å². The van der Waals surface area contributed by atoms with Crippen molar-refractivity contribution in [2.24, 2.45) is 5.92 Å². The van der Waals surface area contributed by atoms with Crippen LogP contribution in [0, 0.1) is 5.92 Å². The van der Waals surface area contributed by atoms with Gasteiger partial charge in [0.25, 0.3) is 0 Å². The second-order valence-electron chi connectivity index (χ2n) is 8.27. The van der Waals surface area contributed by atoms with Crippen molar-refractivity contribution in [1.29, 1.82) is 0 Å². The summed E-state index contributed by atoms with van der Waals surface area (Å²) in [7, 11) is 3.35. The Kier molecular flexibility index (Phi) is 7.45. The number of carbonyl (C=O) groups excluding carboxylic acids is 1. The van der Waals surface area contributed by atoms with E-state index in [0.29, 0.717) is 6.54 Å². The molecule has 0 unspecified atom stereocenters. The van der Waals surface area contributed by atoms with E-state index in [0.717, 1.165) is 42.2 Å². The maximum absolute atomic E-state index is 12.4. The van der Waals surface area contributed by atoms with Crippen molar-refractivity contribution in [2.75, 3.05) is 20.8 Å². The number of nitrogens with one attached hydrogen (secondary N) is 1. The Balaban J connectivity index is 1.38. The minimum absolute atomic E-state index is 0.0329. The molecule has 6 heteroatoms. The van der Waals surface area contributed by atoms with Crippen molar-refractivity contribution in [2.45, 2.75) is 31.1 Å². The van der Waals surface area contributed by atoms with Gasteiger partial charge in [-0.1, -0.05) is 30.3 Å². The third kappa shape index (κ3) is 5.45. The van der Waals surface area contributed by atoms with Crippen LogP contribution >= 0.6 is 11.3 Å². The van der Waals surface area contributed by atoms with Crippen molar-refractivity contribution in [3.8, 4) is 11.5 Å². The van der Waals surface area contributed by atoms with E-state index in [9.17, 15) is 4.79 Å². The molecular weight excluding hydrogens is 432 g/mol. The highest BCUT2D eigenvalue weighted by atomic mass is 32.1. The molecule has 0 bridgehead atoms. The van der Waals surface area contributed by atoms with Crippen LogP contribution in [0.1, 0.15) is 35.4 Å². The summed E-state index contributed by atoms with van der Waals surface area (Å²) < 4.78 is 10.7. The number of hydrogen-bond donors (Lipinski definition) is 1. The van der Waals surface area contributed by atoms with Gasteiger partial charge in [-0.2, -0.15) is 0 Å². The molecule has 0 aliphatic heterocycles. The predicted molar refractivity (Wildman–Crippen MR) is 132 cm³/mol. The Bertz CT molecular complexity index is 1010. The number of rotatable bonds is 11. The highest BCUT2D eigenvalue weighted by Crippen LogP contribution is 2.59. The van der Waals surface area contributed by atoms with E-state index in [1.807, 2.05) is 35.8 Å². The van der Waals surface area contributed by atoms with E-state index >= 15 is 0 Å². The highest BCUT2D eigenvalue weighted by Gasteiger charge is 2.55. The van der Waals surface area contributed by atoms with E-state index in [1.165, 1.54) is 11.1 Å². The van der Waals surface area contributed by atoms with Gasteiger partial charge in [-0.15, -0.1) is 11.3 Å². The van der Waals surface area contributed by atoms with Crippen LogP contribution < -0.4 is 14.8 Å². The maximum atomic E-state index is 12.4. The third-order valence-electron chi connectivity index (χ3n) is 6.31. The molecule has 1 N–H and O–H groups in total. The first kappa shape index (κ1) is 23.1. The van der Waals surface area contributed by atoms with Crippen LogP contribution in [0.3, 0.4) is 0 Å². The molecule has 172 valence electrons. The number of carbonyl (C=O) groups is 1. The van der Waals surface area contributed by atoms with Gasteiger partial charge in [0.05, 0.1) is 19.2 Å². The lowest BCUT2D eigenvalue weighted by molar-refractivity contribution is -0.116. The number of benzene rings is 2. The summed E-state index contributed by atoms with van der Waals surface area (Å²) in [6.07, 6.45) is 9.49. The summed E-state index contributed by atoms with van der Waals surface area (Å²) in [4.78, 5) is 16.7. The summed E-state index contributed by atoms with van der Waals surface area (Å²) >= 11 is 1.68. The van der Waals surface area contributed by atoms with Gasteiger partial charge in [-0.3, -0.25) is 4.79 Å². The summed E-state index contributed by atoms with van der Waals surface area (Å²) in [5.74, 6) is 1.90. The molecule has 1 heterocycles. The van der Waals surface area contributed by atoms with Gasteiger partial charge in [-0.05, 0) is 73.1 Å². The highest BCUT2D eigenvalue weighted by molar-refractivity contribution is 7.09. The van der Waals surface area contributed by atoms with Gasteiger partial charge in [0, 0.05) is 23.5 Å². The molecule has 1 amide bonds. The number of aryl methyl sites for hydroxylation is 1. The normalized spacial score (nSPS) is 16.5. The van der Waals surface area contributed by atoms with Crippen molar-refractivity contribution in [3.05, 3.63) is 88.4 Å². The Morgan fingerprint density at radius 2 is 1.70 bits per heavy atom. The number of thiazole rings is 1. The van der Waals surface area contributed by atoms with Crippen LogP contribution in [-0.4, -0.2) is 31.7 Å². The molecule has 1 aliphatic rings. The second kappa shape index (κ2) is 10.7. The van der Waals surface area contributed by atoms with Crippen LogP contribution in [0.15, 0.2) is 72.3 Å². The fourth-order valence-electron chi connectivity index (χ4n) is 4.38. The fraction of sp³-hybridized carbons (Fsp3) is 0.333. The predicted octanol–water partition coefficient (Wildman–Crippen LogP) is 5.16. The number of amides is 1. The maximum Gasteiger partial charge on any atom is 0.243 e. The molecule has 1 aromatic heterocycles. The molecule has 33 heavy (non-hydrogen) atoms. The van der Waals surface area contributed by atoms with E-state index in [4.69, 9.17) is 9.47 Å². The zero-order chi connectivity index (χ0) is 23.1. The molecule has 1 saturated carbocycles. The van der Waals surface area contributed by atoms with Gasteiger partial charge in [0.15, 0.2) is 0 Å². The van der Waals surface area contributed by atoms with Crippen LogP contribution in [0.4, 0.5) is 0 Å². The third-order valence-corrected chi connectivity index (χ3v) is 7.14. The Morgan fingerprint density at radius 1 is 1.06 bits per heavy atom. The number of aromatic nitrogens is 1. The quantitative estimate of drug-likeness (QED) is 0.316. The summed E-state index contributed by atoms with van der Waals surface area (Å²) in [5.41, 5.74) is 2.32. The molecule has 0 spiro atoms. The van der Waals surface area contributed by atoms with Gasteiger partial charge in [0.1, 0.15) is 11.5 Å². The van der Waals surface area contributed by atoms with Crippen LogP contribution in [0.25, 0.3) is 0 Å². The number of unbranched alkanes of at least 4 members (excludes halogenated alkanes) is 1. The molecule has 2 aromatic carbocycles. The smallest absolute Gasteiger partial charge is 0.243 e. The number of methoxy groups -OCH3 is 2. The molecule has 1 atom stereocenters. The molecule has 1 aliphatic carbocycles. The van der Waals surface area contributed by atoms with Gasteiger partial charge in [-0.25, -0.2) is 4.98 Å². The average molecular weight is 463 g/mol. The molecule has 3 aromatic rings. The molecule has 1 fully saturated rings. The zero-order valence-corrected chi connectivity index (χ0v) is 19.9. The second-order valence-corrected chi connectivity index (χ2v) is 9.25. The summed E-state index contributed by atoms with van der Waals surface area (Å²) in [6.45, 7) is 0.682. The Hall–Kier alpha value is -3.12. The first-order valence-corrected chi connectivity index (χ1v) is 12.2. The zero-order valence-electron chi connectivity index (χ0n) is 19.1. The summed E-state index contributed by atoms with van der Waals surface area (Å²) in [6, 6.07) is 16.5. The molecule has 0 radical (unpaired) electrons. The van der Waals surface area contributed by atoms with Crippen LogP contribution in [0.5, 0.6) is 11.5 Å². The van der Waals surface area contributed by atoms with Crippen molar-refractivity contribution >= 4 is 17.2 Å². The number of allylic oxidation sites excluding steroid dienone is 1. The Labute approximate surface area is 199 Å². The van der Waals surface area contributed by atoms with E-state index in [1.54, 1.807) is 31.6 Å². The summed E-state index contributed by atoms with van der Waals surface area (Å²) in [5, 5.41) is 6.16. The average Bonchev–Trinajstić information content (AvgIpc) is 3.36. The van der Waals surface area contributed by atoms with Gasteiger partial charge in [0.2, 0.25) is 5.91 Å². The van der Waals surface area contributed by atoms with Crippen LogP contribution in [-0.2, 0) is 16.6 Å². The molecule has 4 rings (SSSR count). The largest absolute Gasteiger partial charge is 0.497 e. The lowest BCUT2D eigenvalue weighted by atomic mass is 9.85. The van der Waals surface area contributed by atoms with Crippen LogP contribution in [0.2, 0.25) is 0 Å². The number of hydrogen-bond acceptors (Lipinski definition) is 5. The van der Waals surface area contributed by atoms with Gasteiger partial charge >= 0.3 is 0 Å². The van der Waals surface area contributed by atoms with E-state index in [-0.39, 0.29) is 17.2 Å².